The second kappa shape index (κ2) is 5.91. The molecule has 1 N–H and O–H groups in total. The molecular weight excluding hydrogens is 280 g/mol. The van der Waals surface area contributed by atoms with E-state index in [2.05, 4.69) is 30.6 Å². The van der Waals surface area contributed by atoms with Crippen molar-refractivity contribution in [3.8, 4) is 0 Å². The topological polar surface area (TPSA) is 49.4 Å². The molecule has 6 heteroatoms. The second-order valence-electron chi connectivity index (χ2n) is 5.29. The summed E-state index contributed by atoms with van der Waals surface area (Å²) in [5.74, 6) is 0. The van der Waals surface area contributed by atoms with Crippen LogP contribution in [0, 0.1) is 6.92 Å². The predicted octanol–water partition coefficient (Wildman–Crippen LogP) is 2.13. The Hall–Kier alpha value is -0.430. The number of hydrogen-bond donors (Lipinski definition) is 1. The van der Waals surface area contributed by atoms with Gasteiger partial charge in [0.05, 0.1) is 6.26 Å². The number of hydrogen-bond acceptors (Lipinski definition) is 4. The van der Waals surface area contributed by atoms with Crippen molar-refractivity contribution in [1.82, 2.24) is 9.62 Å². The van der Waals surface area contributed by atoms with Gasteiger partial charge in [-0.3, -0.25) is 0 Å². The molecule has 0 amide bonds. The molecule has 1 aromatic rings. The van der Waals surface area contributed by atoms with Crippen molar-refractivity contribution in [1.29, 1.82) is 0 Å². The van der Waals surface area contributed by atoms with Gasteiger partial charge in [-0.1, -0.05) is 0 Å². The van der Waals surface area contributed by atoms with Crippen molar-refractivity contribution in [2.45, 2.75) is 38.8 Å². The third-order valence-corrected chi connectivity index (χ3v) is 6.21. The minimum absolute atomic E-state index is 0.342. The molecule has 1 aromatic heterocycles. The van der Waals surface area contributed by atoms with Crippen molar-refractivity contribution < 1.29 is 8.42 Å². The lowest BCUT2D eigenvalue weighted by Crippen LogP contribution is -2.45. The van der Waals surface area contributed by atoms with Gasteiger partial charge >= 0.3 is 0 Å². The van der Waals surface area contributed by atoms with Gasteiger partial charge in [0.25, 0.3) is 0 Å². The van der Waals surface area contributed by atoms with E-state index in [1.165, 1.54) is 16.7 Å². The molecule has 0 bridgehead atoms. The first kappa shape index (κ1) is 15.0. The van der Waals surface area contributed by atoms with Crippen molar-refractivity contribution in [3.63, 3.8) is 0 Å². The molecule has 0 radical (unpaired) electrons. The monoisotopic (exact) mass is 302 g/mol. The van der Waals surface area contributed by atoms with E-state index in [-0.39, 0.29) is 0 Å². The standard InChI is InChI=1S/C13H22N2O2S2/c1-10-6-9-18-13(10)11(2)14-12-4-7-15(8-5-12)19(3,16)17/h6,9,11-12,14H,4-5,7-8H2,1-3H3. The van der Waals surface area contributed by atoms with E-state index in [1.807, 2.05) is 0 Å². The van der Waals surface area contributed by atoms with E-state index in [4.69, 9.17) is 0 Å². The van der Waals surface area contributed by atoms with Crippen LogP contribution in [-0.2, 0) is 10.0 Å². The highest BCUT2D eigenvalue weighted by atomic mass is 32.2. The van der Waals surface area contributed by atoms with Gasteiger partial charge in [-0.2, -0.15) is 0 Å². The fourth-order valence-electron chi connectivity index (χ4n) is 2.61. The van der Waals surface area contributed by atoms with Crippen molar-refractivity contribution in [2.24, 2.45) is 0 Å². The predicted molar refractivity (Wildman–Crippen MR) is 80.0 cm³/mol. The molecule has 1 fully saturated rings. The Morgan fingerprint density at radius 2 is 2.05 bits per heavy atom. The zero-order valence-corrected chi connectivity index (χ0v) is 13.4. The fraction of sp³-hybridized carbons (Fsp3) is 0.692. The minimum Gasteiger partial charge on any atom is -0.307 e. The average molecular weight is 302 g/mol. The normalized spacial score (nSPS) is 20.6. The number of sulfonamides is 1. The van der Waals surface area contributed by atoms with E-state index >= 15 is 0 Å². The summed E-state index contributed by atoms with van der Waals surface area (Å²) >= 11 is 1.78. The molecule has 1 atom stereocenters. The molecule has 2 heterocycles. The van der Waals surface area contributed by atoms with Gasteiger partial charge in [0, 0.05) is 30.1 Å². The van der Waals surface area contributed by atoms with Crippen LogP contribution >= 0.6 is 11.3 Å². The molecule has 0 aliphatic carbocycles. The van der Waals surface area contributed by atoms with E-state index in [1.54, 1.807) is 15.6 Å². The Balaban J connectivity index is 1.88. The second-order valence-corrected chi connectivity index (χ2v) is 8.22. The van der Waals surface area contributed by atoms with Crippen molar-refractivity contribution in [2.75, 3.05) is 19.3 Å². The molecule has 1 aliphatic rings. The van der Waals surface area contributed by atoms with E-state index in [9.17, 15) is 8.42 Å². The van der Waals surface area contributed by atoms with E-state index < -0.39 is 10.0 Å². The molecule has 1 unspecified atom stereocenters. The molecule has 1 aliphatic heterocycles. The maximum atomic E-state index is 11.5. The average Bonchev–Trinajstić information content (AvgIpc) is 2.75. The van der Waals surface area contributed by atoms with Crippen LogP contribution in [0.4, 0.5) is 0 Å². The van der Waals surface area contributed by atoms with Crippen molar-refractivity contribution in [3.05, 3.63) is 21.9 Å². The lowest BCUT2D eigenvalue weighted by atomic mass is 10.0. The molecule has 0 spiro atoms. The van der Waals surface area contributed by atoms with Gasteiger partial charge in [-0.05, 0) is 43.7 Å². The highest BCUT2D eigenvalue weighted by Crippen LogP contribution is 2.25. The van der Waals surface area contributed by atoms with Crippen LogP contribution in [0.1, 0.15) is 36.2 Å². The first-order valence-corrected chi connectivity index (χ1v) is 9.36. The summed E-state index contributed by atoms with van der Waals surface area (Å²) in [4.78, 5) is 1.38. The Morgan fingerprint density at radius 3 is 2.53 bits per heavy atom. The maximum Gasteiger partial charge on any atom is 0.211 e. The first-order chi connectivity index (χ1) is 8.88. The number of piperidine rings is 1. The largest absolute Gasteiger partial charge is 0.307 e. The number of aryl methyl sites for hydroxylation is 1. The summed E-state index contributed by atoms with van der Waals surface area (Å²) < 4.78 is 24.5. The zero-order chi connectivity index (χ0) is 14.0. The summed E-state index contributed by atoms with van der Waals surface area (Å²) in [6.07, 6.45) is 3.07. The van der Waals surface area contributed by atoms with Crippen LogP contribution in [0.15, 0.2) is 11.4 Å². The minimum atomic E-state index is -3.02. The van der Waals surface area contributed by atoms with Gasteiger partial charge in [0.2, 0.25) is 10.0 Å². The summed E-state index contributed by atoms with van der Waals surface area (Å²) in [5.41, 5.74) is 1.33. The number of nitrogens with zero attached hydrogens (tertiary/aromatic N) is 1. The van der Waals surface area contributed by atoms with Gasteiger partial charge in [0.15, 0.2) is 0 Å². The van der Waals surface area contributed by atoms with Crippen LogP contribution in [0.3, 0.4) is 0 Å². The highest BCUT2D eigenvalue weighted by molar-refractivity contribution is 7.88. The first-order valence-electron chi connectivity index (χ1n) is 6.63. The van der Waals surface area contributed by atoms with Crippen LogP contribution in [0.25, 0.3) is 0 Å². The SMILES string of the molecule is Cc1ccsc1C(C)NC1CCN(S(C)(=O)=O)CC1. The Bertz CT molecular complexity index is 517. The Morgan fingerprint density at radius 1 is 1.42 bits per heavy atom. The van der Waals surface area contributed by atoms with Crippen LogP contribution in [-0.4, -0.2) is 38.1 Å². The number of thiophene rings is 1. The summed E-state index contributed by atoms with van der Waals surface area (Å²) in [5, 5.41) is 5.74. The molecule has 0 aromatic carbocycles. The highest BCUT2D eigenvalue weighted by Gasteiger charge is 2.26. The number of rotatable bonds is 4. The number of nitrogens with one attached hydrogen (secondary N) is 1. The third-order valence-electron chi connectivity index (χ3n) is 3.70. The van der Waals surface area contributed by atoms with Gasteiger partial charge in [0.1, 0.15) is 0 Å². The molecular formula is C13H22N2O2S2. The van der Waals surface area contributed by atoms with E-state index in [0.29, 0.717) is 25.2 Å². The van der Waals surface area contributed by atoms with E-state index in [0.717, 1.165) is 12.8 Å². The van der Waals surface area contributed by atoms with Gasteiger partial charge < -0.3 is 5.32 Å². The van der Waals surface area contributed by atoms with Crippen LogP contribution in [0.2, 0.25) is 0 Å². The Labute approximate surface area is 119 Å². The maximum absolute atomic E-state index is 11.5. The third kappa shape index (κ3) is 3.78. The smallest absolute Gasteiger partial charge is 0.211 e. The Kier molecular flexibility index (Phi) is 4.66. The summed E-state index contributed by atoms with van der Waals surface area (Å²) in [6.45, 7) is 5.58. The molecule has 19 heavy (non-hydrogen) atoms. The van der Waals surface area contributed by atoms with Gasteiger partial charge in [-0.25, -0.2) is 12.7 Å². The van der Waals surface area contributed by atoms with Crippen LogP contribution in [0.5, 0.6) is 0 Å². The van der Waals surface area contributed by atoms with Crippen LogP contribution < -0.4 is 5.32 Å². The summed E-state index contributed by atoms with van der Waals surface area (Å²) in [6, 6.07) is 2.90. The molecule has 1 saturated heterocycles. The molecule has 2 rings (SSSR count). The van der Waals surface area contributed by atoms with Gasteiger partial charge in [-0.15, -0.1) is 11.3 Å². The lowest BCUT2D eigenvalue weighted by Gasteiger charge is -2.32. The zero-order valence-electron chi connectivity index (χ0n) is 11.7. The molecule has 4 nitrogen and oxygen atoms in total. The quantitative estimate of drug-likeness (QED) is 0.927. The fourth-order valence-corrected chi connectivity index (χ4v) is 4.43. The molecule has 0 saturated carbocycles. The molecule has 108 valence electrons. The summed E-state index contributed by atoms with van der Waals surface area (Å²) in [7, 11) is -3.02. The lowest BCUT2D eigenvalue weighted by molar-refractivity contribution is 0.279. The van der Waals surface area contributed by atoms with Crippen molar-refractivity contribution >= 4 is 21.4 Å².